The first kappa shape index (κ1) is 22.7. The monoisotopic (exact) mass is 531 g/mol. The van der Waals surface area contributed by atoms with E-state index < -0.39 is 15.6 Å². The van der Waals surface area contributed by atoms with Gasteiger partial charge in [-0.15, -0.1) is 0 Å². The molecule has 0 unspecified atom stereocenters. The standard InChI is InChI=1S/C19H22IN3O3S2/c1-12-5-6-13(11-16(12)20)17(24)22-18(27)21-14-7-9-15(10-8-14)28(25,26)23-19(2,3)4/h5-11,23H,1-4H3,(H2,21,22,24,27). The Bertz CT molecular complexity index is 998. The predicted octanol–water partition coefficient (Wildman–Crippen LogP) is 3.80. The molecule has 2 aromatic carbocycles. The first-order valence-electron chi connectivity index (χ1n) is 8.40. The van der Waals surface area contributed by atoms with E-state index in [4.69, 9.17) is 12.2 Å². The Kier molecular flexibility index (Phi) is 7.18. The lowest BCUT2D eigenvalue weighted by atomic mass is 10.1. The number of rotatable bonds is 4. The molecule has 2 aromatic rings. The molecule has 0 bridgehead atoms. The van der Waals surface area contributed by atoms with Crippen LogP contribution in [0, 0.1) is 10.5 Å². The van der Waals surface area contributed by atoms with Crippen LogP contribution in [0.4, 0.5) is 5.69 Å². The fraction of sp³-hybridized carbons (Fsp3) is 0.263. The van der Waals surface area contributed by atoms with Gasteiger partial charge < -0.3 is 5.32 Å². The summed E-state index contributed by atoms with van der Waals surface area (Å²) in [6.07, 6.45) is 0. The van der Waals surface area contributed by atoms with Crippen molar-refractivity contribution in [2.45, 2.75) is 38.1 Å². The minimum absolute atomic E-state index is 0.129. The third-order valence-electron chi connectivity index (χ3n) is 3.52. The van der Waals surface area contributed by atoms with Crippen LogP contribution < -0.4 is 15.4 Å². The second-order valence-corrected chi connectivity index (χ2v) is 10.5. The number of aryl methyl sites for hydroxylation is 1. The van der Waals surface area contributed by atoms with Crippen LogP contribution in [0.1, 0.15) is 36.7 Å². The molecule has 0 aliphatic rings. The van der Waals surface area contributed by atoms with Crippen LogP contribution in [-0.4, -0.2) is 25.0 Å². The fourth-order valence-corrected chi connectivity index (χ4v) is 4.40. The summed E-state index contributed by atoms with van der Waals surface area (Å²) < 4.78 is 28.2. The van der Waals surface area contributed by atoms with Crippen molar-refractivity contribution in [1.82, 2.24) is 10.0 Å². The summed E-state index contributed by atoms with van der Waals surface area (Å²) in [7, 11) is -3.61. The summed E-state index contributed by atoms with van der Waals surface area (Å²) >= 11 is 7.34. The molecule has 28 heavy (non-hydrogen) atoms. The molecule has 0 saturated heterocycles. The van der Waals surface area contributed by atoms with Gasteiger partial charge in [-0.05, 0) is 104 Å². The van der Waals surface area contributed by atoms with Gasteiger partial charge in [0.2, 0.25) is 10.0 Å². The molecule has 1 amide bonds. The molecule has 2 rings (SSSR count). The molecule has 3 N–H and O–H groups in total. The molecule has 0 fully saturated rings. The number of carbonyl (C=O) groups excluding carboxylic acids is 1. The molecule has 9 heteroatoms. The number of anilines is 1. The van der Waals surface area contributed by atoms with Crippen molar-refractivity contribution in [2.24, 2.45) is 0 Å². The van der Waals surface area contributed by atoms with Gasteiger partial charge in [0.05, 0.1) is 4.90 Å². The van der Waals surface area contributed by atoms with Gasteiger partial charge in [-0.25, -0.2) is 13.1 Å². The van der Waals surface area contributed by atoms with Crippen LogP contribution >= 0.6 is 34.8 Å². The lowest BCUT2D eigenvalue weighted by molar-refractivity contribution is 0.0977. The number of hydrogen-bond donors (Lipinski definition) is 3. The molecule has 0 spiro atoms. The third kappa shape index (κ3) is 6.50. The first-order valence-corrected chi connectivity index (χ1v) is 11.4. The molecule has 0 heterocycles. The lowest BCUT2D eigenvalue weighted by Gasteiger charge is -2.20. The van der Waals surface area contributed by atoms with Gasteiger partial charge in [-0.3, -0.25) is 10.1 Å². The zero-order chi connectivity index (χ0) is 21.1. The Balaban J connectivity index is 2.02. The van der Waals surface area contributed by atoms with E-state index in [-0.39, 0.29) is 15.9 Å². The topological polar surface area (TPSA) is 87.3 Å². The highest BCUT2D eigenvalue weighted by Crippen LogP contribution is 2.17. The van der Waals surface area contributed by atoms with Gasteiger partial charge in [-0.2, -0.15) is 0 Å². The van der Waals surface area contributed by atoms with Crippen LogP contribution in [0.3, 0.4) is 0 Å². The van der Waals surface area contributed by atoms with Crippen molar-refractivity contribution in [3.63, 3.8) is 0 Å². The number of sulfonamides is 1. The highest BCUT2D eigenvalue weighted by atomic mass is 127. The van der Waals surface area contributed by atoms with Crippen molar-refractivity contribution in [3.05, 3.63) is 57.2 Å². The minimum Gasteiger partial charge on any atom is -0.332 e. The quantitative estimate of drug-likeness (QED) is 0.413. The zero-order valence-corrected chi connectivity index (χ0v) is 19.8. The molecule has 0 aromatic heterocycles. The number of amides is 1. The van der Waals surface area contributed by atoms with Gasteiger partial charge in [-0.1, -0.05) is 6.07 Å². The second-order valence-electron chi connectivity index (χ2n) is 7.25. The van der Waals surface area contributed by atoms with Crippen LogP contribution in [-0.2, 0) is 10.0 Å². The van der Waals surface area contributed by atoms with E-state index in [9.17, 15) is 13.2 Å². The van der Waals surface area contributed by atoms with E-state index in [0.717, 1.165) is 9.13 Å². The number of thiocarbonyl (C=S) groups is 1. The number of benzene rings is 2. The Morgan fingerprint density at radius 1 is 1.07 bits per heavy atom. The molecule has 0 atom stereocenters. The van der Waals surface area contributed by atoms with E-state index in [2.05, 4.69) is 37.9 Å². The molecule has 150 valence electrons. The normalized spacial score (nSPS) is 11.8. The van der Waals surface area contributed by atoms with Crippen molar-refractivity contribution >= 4 is 61.5 Å². The maximum atomic E-state index is 12.3. The predicted molar refractivity (Wildman–Crippen MR) is 124 cm³/mol. The first-order chi connectivity index (χ1) is 12.9. The number of carbonyl (C=O) groups is 1. The molecule has 0 radical (unpaired) electrons. The molecule has 0 saturated carbocycles. The largest absolute Gasteiger partial charge is 0.332 e. The average Bonchev–Trinajstić information content (AvgIpc) is 2.55. The van der Waals surface area contributed by atoms with Gasteiger partial charge in [0.1, 0.15) is 0 Å². The van der Waals surface area contributed by atoms with Crippen LogP contribution in [0.5, 0.6) is 0 Å². The van der Waals surface area contributed by atoms with Gasteiger partial charge in [0.25, 0.3) is 5.91 Å². The maximum absolute atomic E-state index is 12.3. The summed E-state index contributed by atoms with van der Waals surface area (Å²) in [6, 6.07) is 11.5. The lowest BCUT2D eigenvalue weighted by Crippen LogP contribution is -2.40. The zero-order valence-electron chi connectivity index (χ0n) is 16.0. The molecular formula is C19H22IN3O3S2. The molecule has 6 nitrogen and oxygen atoms in total. The van der Waals surface area contributed by atoms with E-state index >= 15 is 0 Å². The summed E-state index contributed by atoms with van der Waals surface area (Å²) in [4.78, 5) is 12.4. The van der Waals surface area contributed by atoms with Crippen molar-refractivity contribution in [2.75, 3.05) is 5.32 Å². The van der Waals surface area contributed by atoms with E-state index in [1.54, 1.807) is 45.0 Å². The summed E-state index contributed by atoms with van der Waals surface area (Å²) in [6.45, 7) is 7.29. The average molecular weight is 531 g/mol. The van der Waals surface area contributed by atoms with Gasteiger partial charge >= 0.3 is 0 Å². The highest BCUT2D eigenvalue weighted by Gasteiger charge is 2.21. The van der Waals surface area contributed by atoms with E-state index in [1.165, 1.54) is 12.1 Å². The van der Waals surface area contributed by atoms with Gasteiger partial charge in [0, 0.05) is 20.4 Å². The van der Waals surface area contributed by atoms with Gasteiger partial charge in [0.15, 0.2) is 5.11 Å². The fourth-order valence-electron chi connectivity index (χ4n) is 2.25. The Morgan fingerprint density at radius 3 is 2.21 bits per heavy atom. The number of halogens is 1. The minimum atomic E-state index is -3.61. The Labute approximate surface area is 184 Å². The van der Waals surface area contributed by atoms with Crippen LogP contribution in [0.15, 0.2) is 47.4 Å². The summed E-state index contributed by atoms with van der Waals surface area (Å²) in [5.74, 6) is -0.316. The summed E-state index contributed by atoms with van der Waals surface area (Å²) in [5, 5.41) is 5.62. The Hall–Kier alpha value is -1.56. The van der Waals surface area contributed by atoms with Crippen molar-refractivity contribution in [1.29, 1.82) is 0 Å². The van der Waals surface area contributed by atoms with E-state index in [0.29, 0.717) is 11.3 Å². The summed E-state index contributed by atoms with van der Waals surface area (Å²) in [5.41, 5.74) is 1.59. The smallest absolute Gasteiger partial charge is 0.257 e. The Morgan fingerprint density at radius 2 is 1.68 bits per heavy atom. The molecule has 0 aliphatic heterocycles. The molecular weight excluding hydrogens is 509 g/mol. The number of hydrogen-bond acceptors (Lipinski definition) is 4. The van der Waals surface area contributed by atoms with Crippen molar-refractivity contribution < 1.29 is 13.2 Å². The second kappa shape index (κ2) is 8.85. The molecule has 0 aliphatic carbocycles. The van der Waals surface area contributed by atoms with Crippen LogP contribution in [0.2, 0.25) is 0 Å². The van der Waals surface area contributed by atoms with E-state index in [1.807, 2.05) is 13.0 Å². The van der Waals surface area contributed by atoms with Crippen molar-refractivity contribution in [3.8, 4) is 0 Å². The highest BCUT2D eigenvalue weighted by molar-refractivity contribution is 14.1. The third-order valence-corrected chi connectivity index (χ3v) is 6.66. The SMILES string of the molecule is Cc1ccc(C(=O)NC(=S)Nc2ccc(S(=O)(=O)NC(C)(C)C)cc2)cc1I. The maximum Gasteiger partial charge on any atom is 0.257 e. The number of nitrogens with one attached hydrogen (secondary N) is 3. The van der Waals surface area contributed by atoms with Crippen LogP contribution in [0.25, 0.3) is 0 Å².